The summed E-state index contributed by atoms with van der Waals surface area (Å²) >= 11 is 1.85. The summed E-state index contributed by atoms with van der Waals surface area (Å²) in [5.41, 5.74) is 3.13. The van der Waals surface area contributed by atoms with Crippen LogP contribution in [0.25, 0.3) is 0 Å². The van der Waals surface area contributed by atoms with Crippen LogP contribution in [-0.2, 0) is 0 Å². The van der Waals surface area contributed by atoms with Gasteiger partial charge in [-0.1, -0.05) is 11.6 Å². The molecule has 1 aromatic rings. The molecule has 1 aliphatic carbocycles. The van der Waals surface area contributed by atoms with Gasteiger partial charge in [0, 0.05) is 10.9 Å². The average molecular weight is 235 g/mol. The van der Waals surface area contributed by atoms with Crippen LogP contribution in [0.4, 0.5) is 0 Å². The van der Waals surface area contributed by atoms with Gasteiger partial charge in [0.05, 0.1) is 0 Å². The molecule has 88 valence electrons. The van der Waals surface area contributed by atoms with E-state index in [1.54, 1.807) is 5.57 Å². The fourth-order valence-electron chi connectivity index (χ4n) is 2.48. The van der Waals surface area contributed by atoms with Crippen molar-refractivity contribution in [3.05, 3.63) is 33.5 Å². The molecule has 1 nitrogen and oxygen atoms in total. The van der Waals surface area contributed by atoms with Crippen molar-refractivity contribution in [1.82, 2.24) is 5.32 Å². The zero-order valence-corrected chi connectivity index (χ0v) is 11.1. The highest BCUT2D eigenvalue weighted by atomic mass is 32.1. The van der Waals surface area contributed by atoms with E-state index in [9.17, 15) is 0 Å². The van der Waals surface area contributed by atoms with Crippen molar-refractivity contribution in [2.24, 2.45) is 0 Å². The van der Waals surface area contributed by atoms with Gasteiger partial charge < -0.3 is 5.32 Å². The lowest BCUT2D eigenvalue weighted by Gasteiger charge is -2.20. The first-order valence-electron chi connectivity index (χ1n) is 6.20. The van der Waals surface area contributed by atoms with Gasteiger partial charge in [0.2, 0.25) is 0 Å². The molecule has 1 aliphatic rings. The van der Waals surface area contributed by atoms with E-state index >= 15 is 0 Å². The van der Waals surface area contributed by atoms with E-state index in [0.717, 1.165) is 0 Å². The summed E-state index contributed by atoms with van der Waals surface area (Å²) in [6, 6.07) is 2.78. The first-order chi connectivity index (χ1) is 7.81. The Bertz CT molecular complexity index is 365. The summed E-state index contributed by atoms with van der Waals surface area (Å²) in [6.07, 6.45) is 9.00. The second-order valence-corrected chi connectivity index (χ2v) is 5.71. The van der Waals surface area contributed by atoms with Gasteiger partial charge in [-0.2, -0.15) is 0 Å². The van der Waals surface area contributed by atoms with Crippen molar-refractivity contribution in [2.75, 3.05) is 7.05 Å². The molecule has 0 radical (unpaired) electrons. The second-order valence-electron chi connectivity index (χ2n) is 4.59. The molecule has 0 aliphatic heterocycles. The summed E-state index contributed by atoms with van der Waals surface area (Å²) in [5, 5.41) is 5.66. The second kappa shape index (κ2) is 5.65. The highest BCUT2D eigenvalue weighted by Crippen LogP contribution is 2.30. The molecule has 16 heavy (non-hydrogen) atoms. The van der Waals surface area contributed by atoms with E-state index in [-0.39, 0.29) is 0 Å². The van der Waals surface area contributed by atoms with E-state index in [0.29, 0.717) is 6.04 Å². The van der Waals surface area contributed by atoms with Crippen LogP contribution in [0.15, 0.2) is 23.1 Å². The van der Waals surface area contributed by atoms with Gasteiger partial charge in [0.1, 0.15) is 0 Å². The molecule has 0 fully saturated rings. The number of hydrogen-bond donors (Lipinski definition) is 1. The molecule has 0 aromatic carbocycles. The van der Waals surface area contributed by atoms with Gasteiger partial charge in [0.15, 0.2) is 0 Å². The quantitative estimate of drug-likeness (QED) is 0.771. The van der Waals surface area contributed by atoms with E-state index in [2.05, 4.69) is 36.8 Å². The number of nitrogens with one attached hydrogen (secondary N) is 1. The van der Waals surface area contributed by atoms with Gasteiger partial charge in [-0.3, -0.25) is 0 Å². The van der Waals surface area contributed by atoms with Crippen LogP contribution in [0, 0.1) is 6.92 Å². The molecule has 1 heterocycles. The fourth-order valence-corrected chi connectivity index (χ4v) is 3.24. The van der Waals surface area contributed by atoms with Crippen molar-refractivity contribution in [2.45, 2.75) is 45.1 Å². The molecular weight excluding hydrogens is 214 g/mol. The minimum atomic E-state index is 0.510. The Morgan fingerprint density at radius 3 is 2.88 bits per heavy atom. The third kappa shape index (κ3) is 2.74. The Kier molecular flexibility index (Phi) is 4.19. The first kappa shape index (κ1) is 11.9. The van der Waals surface area contributed by atoms with Crippen LogP contribution >= 0.6 is 11.3 Å². The summed E-state index contributed by atoms with van der Waals surface area (Å²) in [4.78, 5) is 1.45. The van der Waals surface area contributed by atoms with Crippen molar-refractivity contribution >= 4 is 11.3 Å². The molecule has 2 rings (SSSR count). The maximum Gasteiger partial charge on any atom is 0.0366 e. The summed E-state index contributed by atoms with van der Waals surface area (Å²) < 4.78 is 0. The van der Waals surface area contributed by atoms with Crippen LogP contribution in [0.1, 0.15) is 48.6 Å². The standard InChI is InChI=1S/C14H21NS/c1-11-13(8-9-16-11)14(15-2)10-12-6-4-3-5-7-12/h6,8-9,14-15H,3-5,7,10H2,1-2H3. The Labute approximate surface area is 103 Å². The molecule has 0 spiro atoms. The SMILES string of the molecule is CNC(CC1=CCCCC1)c1ccsc1C. The van der Waals surface area contributed by atoms with Gasteiger partial charge in [0.25, 0.3) is 0 Å². The smallest absolute Gasteiger partial charge is 0.0366 e. The lowest BCUT2D eigenvalue weighted by atomic mass is 9.92. The number of hydrogen-bond acceptors (Lipinski definition) is 2. The van der Waals surface area contributed by atoms with Crippen LogP contribution in [0.2, 0.25) is 0 Å². The van der Waals surface area contributed by atoms with E-state index in [1.165, 1.54) is 42.5 Å². The monoisotopic (exact) mass is 235 g/mol. The molecule has 2 heteroatoms. The lowest BCUT2D eigenvalue weighted by molar-refractivity contribution is 0.558. The third-order valence-electron chi connectivity index (χ3n) is 3.47. The summed E-state index contributed by atoms with van der Waals surface area (Å²) in [6.45, 7) is 2.22. The lowest BCUT2D eigenvalue weighted by Crippen LogP contribution is -2.17. The van der Waals surface area contributed by atoms with E-state index < -0.39 is 0 Å². The molecule has 0 saturated carbocycles. The molecule has 1 N–H and O–H groups in total. The number of aryl methyl sites for hydroxylation is 1. The van der Waals surface area contributed by atoms with Crippen molar-refractivity contribution < 1.29 is 0 Å². The Hall–Kier alpha value is -0.600. The number of thiophene rings is 1. The highest BCUT2D eigenvalue weighted by Gasteiger charge is 2.15. The molecule has 1 aromatic heterocycles. The average Bonchev–Trinajstić information content (AvgIpc) is 2.74. The van der Waals surface area contributed by atoms with Crippen LogP contribution in [-0.4, -0.2) is 7.05 Å². The molecule has 0 amide bonds. The molecule has 1 unspecified atom stereocenters. The van der Waals surface area contributed by atoms with Gasteiger partial charge >= 0.3 is 0 Å². The predicted octanol–water partition coefficient (Wildman–Crippen LogP) is 4.21. The van der Waals surface area contributed by atoms with Gasteiger partial charge in [-0.05, 0) is 63.1 Å². The zero-order chi connectivity index (χ0) is 11.4. The molecule has 0 saturated heterocycles. The normalized spacial score (nSPS) is 18.2. The molecular formula is C14H21NS. The summed E-state index contributed by atoms with van der Waals surface area (Å²) in [7, 11) is 2.07. The van der Waals surface area contributed by atoms with E-state index in [1.807, 2.05) is 11.3 Å². The van der Waals surface area contributed by atoms with Crippen molar-refractivity contribution in [3.8, 4) is 0 Å². The predicted molar refractivity (Wildman–Crippen MR) is 72.0 cm³/mol. The summed E-state index contributed by atoms with van der Waals surface area (Å²) in [5.74, 6) is 0. The highest BCUT2D eigenvalue weighted by molar-refractivity contribution is 7.10. The van der Waals surface area contributed by atoms with Gasteiger partial charge in [-0.15, -0.1) is 11.3 Å². The Balaban J connectivity index is 2.06. The largest absolute Gasteiger partial charge is 0.313 e. The van der Waals surface area contributed by atoms with Crippen molar-refractivity contribution in [1.29, 1.82) is 0 Å². The van der Waals surface area contributed by atoms with Crippen LogP contribution in [0.5, 0.6) is 0 Å². The van der Waals surface area contributed by atoms with Crippen LogP contribution in [0.3, 0.4) is 0 Å². The number of allylic oxidation sites excluding steroid dienone is 1. The van der Waals surface area contributed by atoms with Crippen LogP contribution < -0.4 is 5.32 Å². The minimum absolute atomic E-state index is 0.510. The maximum absolute atomic E-state index is 3.46. The zero-order valence-electron chi connectivity index (χ0n) is 10.3. The minimum Gasteiger partial charge on any atom is -0.313 e. The maximum atomic E-state index is 3.46. The Morgan fingerprint density at radius 2 is 2.31 bits per heavy atom. The molecule has 0 bridgehead atoms. The first-order valence-corrected chi connectivity index (χ1v) is 7.08. The van der Waals surface area contributed by atoms with E-state index in [4.69, 9.17) is 0 Å². The Morgan fingerprint density at radius 1 is 1.44 bits per heavy atom. The fraction of sp³-hybridized carbons (Fsp3) is 0.571. The topological polar surface area (TPSA) is 12.0 Å². The molecule has 1 atom stereocenters. The van der Waals surface area contributed by atoms with Crippen molar-refractivity contribution in [3.63, 3.8) is 0 Å². The number of rotatable bonds is 4. The van der Waals surface area contributed by atoms with Gasteiger partial charge in [-0.25, -0.2) is 0 Å². The third-order valence-corrected chi connectivity index (χ3v) is 4.34.